The third-order valence-corrected chi connectivity index (χ3v) is 3.03. The molecule has 0 aromatic heterocycles. The molecular formula is C12H19ClFNO3. The minimum Gasteiger partial charge on any atom is -0.444 e. The van der Waals surface area contributed by atoms with Crippen LogP contribution in [0.2, 0.25) is 0 Å². The van der Waals surface area contributed by atoms with Crippen LogP contribution in [0.1, 0.15) is 33.6 Å². The maximum atomic E-state index is 13.4. The second-order valence-electron chi connectivity index (χ2n) is 5.51. The van der Waals surface area contributed by atoms with Crippen molar-refractivity contribution in [2.24, 2.45) is 5.92 Å². The van der Waals surface area contributed by atoms with Crippen LogP contribution < -0.4 is 0 Å². The molecule has 1 aliphatic heterocycles. The number of halogens is 2. The van der Waals surface area contributed by atoms with Crippen molar-refractivity contribution >= 4 is 22.9 Å². The predicted molar refractivity (Wildman–Crippen MR) is 66.3 cm³/mol. The highest BCUT2D eigenvalue weighted by Crippen LogP contribution is 2.25. The Hall–Kier alpha value is -0.840. The van der Waals surface area contributed by atoms with E-state index < -0.39 is 29.0 Å². The van der Waals surface area contributed by atoms with Crippen molar-refractivity contribution in [2.75, 3.05) is 13.1 Å². The zero-order valence-electron chi connectivity index (χ0n) is 10.9. The summed E-state index contributed by atoms with van der Waals surface area (Å²) < 4.78 is 18.6. The van der Waals surface area contributed by atoms with Crippen molar-refractivity contribution in [1.29, 1.82) is 0 Å². The standard InChI is InChI=1S/C12H19ClFNO3/c1-12(2,3)18-11(17)15-6-4-8(5-7-15)9(14)10(13)16/h8-9H,4-7H2,1-3H3. The summed E-state index contributed by atoms with van der Waals surface area (Å²) in [5, 5.41) is -0.953. The zero-order valence-corrected chi connectivity index (χ0v) is 11.7. The van der Waals surface area contributed by atoms with Gasteiger partial charge in [0, 0.05) is 19.0 Å². The van der Waals surface area contributed by atoms with Gasteiger partial charge in [-0.15, -0.1) is 0 Å². The van der Waals surface area contributed by atoms with Crippen molar-refractivity contribution in [2.45, 2.75) is 45.4 Å². The van der Waals surface area contributed by atoms with E-state index in [4.69, 9.17) is 16.3 Å². The Morgan fingerprint density at radius 1 is 1.33 bits per heavy atom. The van der Waals surface area contributed by atoms with E-state index in [2.05, 4.69) is 0 Å². The average Bonchev–Trinajstić information content (AvgIpc) is 2.26. The first kappa shape index (κ1) is 15.2. The van der Waals surface area contributed by atoms with Crippen LogP contribution >= 0.6 is 11.6 Å². The molecule has 0 aromatic rings. The van der Waals surface area contributed by atoms with Gasteiger partial charge < -0.3 is 9.64 Å². The van der Waals surface area contributed by atoms with Crippen LogP contribution in [0, 0.1) is 5.92 Å². The van der Waals surface area contributed by atoms with Crippen molar-refractivity contribution < 1.29 is 18.7 Å². The van der Waals surface area contributed by atoms with Gasteiger partial charge in [0.2, 0.25) is 0 Å². The van der Waals surface area contributed by atoms with Gasteiger partial charge in [-0.05, 0) is 45.2 Å². The SMILES string of the molecule is CC(C)(C)OC(=O)N1CCC(C(F)C(=O)Cl)CC1. The highest BCUT2D eigenvalue weighted by Gasteiger charge is 2.33. The smallest absolute Gasteiger partial charge is 0.410 e. The van der Waals surface area contributed by atoms with E-state index in [0.717, 1.165) is 0 Å². The van der Waals surface area contributed by atoms with Crippen molar-refractivity contribution in [3.8, 4) is 0 Å². The summed E-state index contributed by atoms with van der Waals surface area (Å²) in [4.78, 5) is 24.0. The number of likely N-dealkylation sites (tertiary alicyclic amines) is 1. The van der Waals surface area contributed by atoms with Gasteiger partial charge in [0.25, 0.3) is 5.24 Å². The number of alkyl halides is 1. The van der Waals surface area contributed by atoms with Crippen LogP contribution in [0.3, 0.4) is 0 Å². The van der Waals surface area contributed by atoms with Gasteiger partial charge in [0.05, 0.1) is 0 Å². The second kappa shape index (κ2) is 5.87. The van der Waals surface area contributed by atoms with Crippen LogP contribution in [0.4, 0.5) is 9.18 Å². The first-order chi connectivity index (χ1) is 8.20. The lowest BCUT2D eigenvalue weighted by molar-refractivity contribution is -0.118. The van der Waals surface area contributed by atoms with Gasteiger partial charge in [-0.2, -0.15) is 0 Å². The Labute approximate surface area is 111 Å². The molecule has 1 fully saturated rings. The van der Waals surface area contributed by atoms with Gasteiger partial charge in [0.1, 0.15) is 5.60 Å². The van der Waals surface area contributed by atoms with Gasteiger partial charge >= 0.3 is 6.09 Å². The third-order valence-electron chi connectivity index (χ3n) is 2.82. The third kappa shape index (κ3) is 4.44. The first-order valence-electron chi connectivity index (χ1n) is 6.02. The van der Waals surface area contributed by atoms with E-state index in [0.29, 0.717) is 25.9 Å². The van der Waals surface area contributed by atoms with E-state index in [1.807, 2.05) is 0 Å². The number of ether oxygens (including phenoxy) is 1. The highest BCUT2D eigenvalue weighted by atomic mass is 35.5. The first-order valence-corrected chi connectivity index (χ1v) is 6.40. The predicted octanol–water partition coefficient (Wildman–Crippen LogP) is 2.74. The number of nitrogens with zero attached hydrogens (tertiary/aromatic N) is 1. The molecular weight excluding hydrogens is 261 g/mol. The molecule has 0 aliphatic carbocycles. The number of hydrogen-bond acceptors (Lipinski definition) is 3. The highest BCUT2D eigenvalue weighted by molar-refractivity contribution is 6.64. The summed E-state index contributed by atoms with van der Waals surface area (Å²) in [5.74, 6) is -0.395. The summed E-state index contributed by atoms with van der Waals surface area (Å²) in [6, 6.07) is 0. The van der Waals surface area contributed by atoms with Crippen molar-refractivity contribution in [3.63, 3.8) is 0 Å². The molecule has 1 rings (SSSR count). The lowest BCUT2D eigenvalue weighted by Gasteiger charge is -2.33. The topological polar surface area (TPSA) is 46.6 Å². The molecule has 4 nitrogen and oxygen atoms in total. The number of rotatable bonds is 2. The Kier molecular flexibility index (Phi) is 4.96. The summed E-state index contributed by atoms with van der Waals surface area (Å²) in [5.41, 5.74) is -0.539. The molecule has 1 unspecified atom stereocenters. The van der Waals surface area contributed by atoms with Crippen molar-refractivity contribution in [3.05, 3.63) is 0 Å². The lowest BCUT2D eigenvalue weighted by atomic mass is 9.93. The number of carbonyl (C=O) groups is 2. The van der Waals surface area contributed by atoms with Crippen LogP contribution in [-0.2, 0) is 9.53 Å². The molecule has 0 radical (unpaired) electrons. The number of carbonyl (C=O) groups excluding carboxylic acids is 2. The summed E-state index contributed by atoms with van der Waals surface area (Å²) in [7, 11) is 0. The van der Waals surface area contributed by atoms with Crippen LogP contribution in [0.5, 0.6) is 0 Å². The molecule has 0 bridgehead atoms. The molecule has 0 aromatic carbocycles. The van der Waals surface area contributed by atoms with Gasteiger partial charge in [-0.1, -0.05) is 0 Å². The van der Waals surface area contributed by atoms with E-state index in [1.165, 1.54) is 4.90 Å². The fourth-order valence-corrected chi connectivity index (χ4v) is 2.06. The molecule has 0 saturated carbocycles. The van der Waals surface area contributed by atoms with E-state index in [9.17, 15) is 14.0 Å². The fraction of sp³-hybridized carbons (Fsp3) is 0.833. The molecule has 0 spiro atoms. The Balaban J connectivity index is 2.44. The molecule has 6 heteroatoms. The quantitative estimate of drug-likeness (QED) is 0.730. The minimum absolute atomic E-state index is 0.393. The van der Waals surface area contributed by atoms with Crippen LogP contribution in [-0.4, -0.2) is 41.1 Å². The van der Waals surface area contributed by atoms with Gasteiger partial charge in [-0.25, -0.2) is 9.18 Å². The van der Waals surface area contributed by atoms with E-state index >= 15 is 0 Å². The largest absolute Gasteiger partial charge is 0.444 e. The Morgan fingerprint density at radius 2 is 1.83 bits per heavy atom. The number of piperidine rings is 1. The summed E-state index contributed by atoms with van der Waals surface area (Å²) in [6.45, 7) is 6.17. The molecule has 1 saturated heterocycles. The monoisotopic (exact) mass is 279 g/mol. The molecule has 1 amide bonds. The Bertz CT molecular complexity index is 322. The van der Waals surface area contributed by atoms with E-state index in [-0.39, 0.29) is 0 Å². The molecule has 1 heterocycles. The van der Waals surface area contributed by atoms with Crippen LogP contribution in [0.15, 0.2) is 0 Å². The number of hydrogen-bond donors (Lipinski definition) is 0. The molecule has 1 aliphatic rings. The second-order valence-corrected chi connectivity index (χ2v) is 5.88. The Morgan fingerprint density at radius 3 is 2.22 bits per heavy atom. The van der Waals surface area contributed by atoms with Gasteiger partial charge in [-0.3, -0.25) is 4.79 Å². The molecule has 104 valence electrons. The molecule has 1 atom stereocenters. The van der Waals surface area contributed by atoms with Crippen LogP contribution in [0.25, 0.3) is 0 Å². The maximum absolute atomic E-state index is 13.4. The molecule has 0 N–H and O–H groups in total. The lowest BCUT2D eigenvalue weighted by Crippen LogP contribution is -2.43. The minimum atomic E-state index is -1.63. The normalized spacial score (nSPS) is 19.5. The average molecular weight is 280 g/mol. The number of amides is 1. The maximum Gasteiger partial charge on any atom is 0.410 e. The van der Waals surface area contributed by atoms with Gasteiger partial charge in [0.15, 0.2) is 6.17 Å². The van der Waals surface area contributed by atoms with Crippen molar-refractivity contribution in [1.82, 2.24) is 4.90 Å². The summed E-state index contributed by atoms with van der Waals surface area (Å²) >= 11 is 5.13. The molecule has 18 heavy (non-hydrogen) atoms. The zero-order chi connectivity index (χ0) is 13.9. The van der Waals surface area contributed by atoms with E-state index in [1.54, 1.807) is 20.8 Å². The fourth-order valence-electron chi connectivity index (χ4n) is 1.89. The summed E-state index contributed by atoms with van der Waals surface area (Å²) in [6.07, 6.45) is -1.17.